The molecule has 0 fully saturated rings. The summed E-state index contributed by atoms with van der Waals surface area (Å²) in [4.78, 5) is 14.6. The molecule has 3 heteroatoms. The van der Waals surface area contributed by atoms with Crippen molar-refractivity contribution in [2.45, 2.75) is 27.2 Å². The molecule has 1 amide bonds. The highest BCUT2D eigenvalue weighted by Gasteiger charge is 2.26. The molecule has 0 aromatic heterocycles. The second-order valence-electron chi connectivity index (χ2n) is 5.84. The molecule has 3 rings (SSSR count). The van der Waals surface area contributed by atoms with Crippen LogP contribution in [-0.2, 0) is 6.42 Å². The van der Waals surface area contributed by atoms with Gasteiger partial charge < -0.3 is 10.6 Å². The Kier molecular flexibility index (Phi) is 3.20. The van der Waals surface area contributed by atoms with Crippen molar-refractivity contribution in [3.63, 3.8) is 0 Å². The Hall–Kier alpha value is -2.29. The number of benzene rings is 2. The molecule has 0 saturated carbocycles. The van der Waals surface area contributed by atoms with Gasteiger partial charge in [-0.25, -0.2) is 0 Å². The van der Waals surface area contributed by atoms with Crippen LogP contribution in [0.15, 0.2) is 30.3 Å². The van der Waals surface area contributed by atoms with E-state index >= 15 is 0 Å². The molecule has 2 aromatic rings. The minimum atomic E-state index is 0.0557. The van der Waals surface area contributed by atoms with Crippen molar-refractivity contribution in [2.75, 3.05) is 17.2 Å². The number of hydrogen-bond donors (Lipinski definition) is 1. The molecule has 0 radical (unpaired) electrons. The Morgan fingerprint density at radius 1 is 1.05 bits per heavy atom. The maximum atomic E-state index is 12.8. The Balaban J connectivity index is 1.98. The van der Waals surface area contributed by atoms with Gasteiger partial charge in [-0.3, -0.25) is 4.79 Å². The van der Waals surface area contributed by atoms with E-state index in [2.05, 4.69) is 13.0 Å². The summed E-state index contributed by atoms with van der Waals surface area (Å²) in [5, 5.41) is 0. The largest absolute Gasteiger partial charge is 0.398 e. The molecule has 3 nitrogen and oxygen atoms in total. The smallest absolute Gasteiger partial charge is 0.258 e. The van der Waals surface area contributed by atoms with Gasteiger partial charge in [0, 0.05) is 23.5 Å². The van der Waals surface area contributed by atoms with E-state index in [0.717, 1.165) is 41.0 Å². The summed E-state index contributed by atoms with van der Waals surface area (Å²) in [5.74, 6) is 0.0557. The molecule has 0 unspecified atom stereocenters. The predicted octanol–water partition coefficient (Wildman–Crippen LogP) is 3.40. The van der Waals surface area contributed by atoms with E-state index in [-0.39, 0.29) is 5.91 Å². The average molecular weight is 280 g/mol. The highest BCUT2D eigenvalue weighted by molar-refractivity contribution is 6.07. The first-order chi connectivity index (χ1) is 9.97. The van der Waals surface area contributed by atoms with Gasteiger partial charge in [0.1, 0.15) is 0 Å². The van der Waals surface area contributed by atoms with Crippen LogP contribution in [-0.4, -0.2) is 12.5 Å². The number of aryl methyl sites for hydroxylation is 3. The number of rotatable bonds is 1. The molecular formula is C18H20N2O. The quantitative estimate of drug-likeness (QED) is 0.814. The number of amides is 1. The number of nitrogen functional groups attached to an aromatic ring is 1. The normalized spacial score (nSPS) is 13.4. The van der Waals surface area contributed by atoms with Crippen LogP contribution in [0, 0.1) is 20.8 Å². The number of carbonyl (C=O) groups excluding carboxylic acids is 1. The van der Waals surface area contributed by atoms with E-state index in [1.165, 1.54) is 11.1 Å². The number of carbonyl (C=O) groups is 1. The molecule has 0 saturated heterocycles. The lowest BCUT2D eigenvalue weighted by atomic mass is 10.0. The van der Waals surface area contributed by atoms with Crippen LogP contribution in [0.2, 0.25) is 0 Å². The van der Waals surface area contributed by atoms with Crippen LogP contribution in [0.4, 0.5) is 11.4 Å². The summed E-state index contributed by atoms with van der Waals surface area (Å²) in [6, 6.07) is 9.89. The van der Waals surface area contributed by atoms with Crippen molar-refractivity contribution >= 4 is 17.3 Å². The maximum absolute atomic E-state index is 12.8. The lowest BCUT2D eigenvalue weighted by Gasteiger charge is -2.19. The van der Waals surface area contributed by atoms with E-state index < -0.39 is 0 Å². The lowest BCUT2D eigenvalue weighted by Crippen LogP contribution is -2.29. The topological polar surface area (TPSA) is 46.3 Å². The summed E-state index contributed by atoms with van der Waals surface area (Å²) >= 11 is 0. The minimum absolute atomic E-state index is 0.0557. The third kappa shape index (κ3) is 2.29. The Bertz CT molecular complexity index is 734. The fraction of sp³-hybridized carbons (Fsp3) is 0.278. The first-order valence-electron chi connectivity index (χ1n) is 7.25. The van der Waals surface area contributed by atoms with Gasteiger partial charge in [-0.1, -0.05) is 12.1 Å². The van der Waals surface area contributed by atoms with E-state index in [1.807, 2.05) is 43.0 Å². The molecule has 0 aliphatic carbocycles. The monoisotopic (exact) mass is 280 g/mol. The van der Waals surface area contributed by atoms with Gasteiger partial charge in [0.05, 0.1) is 0 Å². The van der Waals surface area contributed by atoms with Crippen LogP contribution < -0.4 is 10.6 Å². The van der Waals surface area contributed by atoms with Crippen molar-refractivity contribution in [1.82, 2.24) is 0 Å². The van der Waals surface area contributed by atoms with Gasteiger partial charge in [0.15, 0.2) is 0 Å². The fourth-order valence-electron chi connectivity index (χ4n) is 2.82. The molecular weight excluding hydrogens is 260 g/mol. The average Bonchev–Trinajstić information content (AvgIpc) is 2.84. The van der Waals surface area contributed by atoms with E-state index in [1.54, 1.807) is 0 Å². The molecule has 0 atom stereocenters. The molecule has 2 aromatic carbocycles. The fourth-order valence-corrected chi connectivity index (χ4v) is 2.82. The number of hydrogen-bond acceptors (Lipinski definition) is 2. The zero-order valence-electron chi connectivity index (χ0n) is 12.7. The lowest BCUT2D eigenvalue weighted by molar-refractivity contribution is 0.0989. The van der Waals surface area contributed by atoms with Gasteiger partial charge in [-0.05, 0) is 67.6 Å². The first kappa shape index (κ1) is 13.7. The highest BCUT2D eigenvalue weighted by Crippen LogP contribution is 2.33. The maximum Gasteiger partial charge on any atom is 0.258 e. The second-order valence-corrected chi connectivity index (χ2v) is 5.84. The van der Waals surface area contributed by atoms with Gasteiger partial charge >= 0.3 is 0 Å². The van der Waals surface area contributed by atoms with Crippen LogP contribution in [0.5, 0.6) is 0 Å². The van der Waals surface area contributed by atoms with Crippen LogP contribution in [0.25, 0.3) is 0 Å². The van der Waals surface area contributed by atoms with Gasteiger partial charge in [0.25, 0.3) is 5.91 Å². The van der Waals surface area contributed by atoms with Gasteiger partial charge in [-0.15, -0.1) is 0 Å². The SMILES string of the molecule is Cc1ccc(C(=O)N2CCc3cc(C)c(N)cc32)cc1C. The second kappa shape index (κ2) is 4.92. The molecule has 1 aliphatic heterocycles. The standard InChI is InChI=1S/C18H20N2O/c1-11-4-5-15(8-12(11)2)18(21)20-7-6-14-9-13(3)16(19)10-17(14)20/h4-5,8-10H,6-7,19H2,1-3H3. The Morgan fingerprint density at radius 2 is 1.81 bits per heavy atom. The summed E-state index contributed by atoms with van der Waals surface area (Å²) in [5.41, 5.74) is 13.1. The van der Waals surface area contributed by atoms with Crippen molar-refractivity contribution < 1.29 is 4.79 Å². The van der Waals surface area contributed by atoms with Gasteiger partial charge in [-0.2, -0.15) is 0 Å². The number of nitrogens with zero attached hydrogens (tertiary/aromatic N) is 1. The summed E-state index contributed by atoms with van der Waals surface area (Å²) in [6.45, 7) is 6.82. The number of nitrogens with two attached hydrogens (primary N) is 1. The van der Waals surface area contributed by atoms with Crippen molar-refractivity contribution in [3.05, 3.63) is 58.1 Å². The van der Waals surface area contributed by atoms with Gasteiger partial charge in [0.2, 0.25) is 0 Å². The Labute approximate surface area is 125 Å². The first-order valence-corrected chi connectivity index (χ1v) is 7.25. The number of fused-ring (bicyclic) bond motifs is 1. The minimum Gasteiger partial charge on any atom is -0.398 e. The van der Waals surface area contributed by atoms with Crippen LogP contribution in [0.3, 0.4) is 0 Å². The van der Waals surface area contributed by atoms with E-state index in [0.29, 0.717) is 0 Å². The summed E-state index contributed by atoms with van der Waals surface area (Å²) in [7, 11) is 0. The predicted molar refractivity (Wildman–Crippen MR) is 86.9 cm³/mol. The molecule has 1 aliphatic rings. The van der Waals surface area contributed by atoms with Crippen molar-refractivity contribution in [1.29, 1.82) is 0 Å². The zero-order chi connectivity index (χ0) is 15.1. The van der Waals surface area contributed by atoms with Crippen molar-refractivity contribution in [2.24, 2.45) is 0 Å². The third-order valence-electron chi connectivity index (χ3n) is 4.36. The molecule has 108 valence electrons. The molecule has 0 spiro atoms. The highest BCUT2D eigenvalue weighted by atomic mass is 16.2. The molecule has 21 heavy (non-hydrogen) atoms. The van der Waals surface area contributed by atoms with E-state index in [4.69, 9.17) is 5.73 Å². The third-order valence-corrected chi connectivity index (χ3v) is 4.36. The van der Waals surface area contributed by atoms with Crippen LogP contribution >= 0.6 is 0 Å². The zero-order valence-corrected chi connectivity index (χ0v) is 12.7. The van der Waals surface area contributed by atoms with Crippen LogP contribution in [0.1, 0.15) is 32.6 Å². The Morgan fingerprint density at radius 3 is 2.52 bits per heavy atom. The molecule has 1 heterocycles. The summed E-state index contributed by atoms with van der Waals surface area (Å²) < 4.78 is 0. The summed E-state index contributed by atoms with van der Waals surface area (Å²) in [6.07, 6.45) is 0.896. The van der Waals surface area contributed by atoms with E-state index in [9.17, 15) is 4.79 Å². The van der Waals surface area contributed by atoms with Crippen molar-refractivity contribution in [3.8, 4) is 0 Å². The molecule has 0 bridgehead atoms. The molecule has 2 N–H and O–H groups in total. The number of anilines is 2.